The molecule has 2 rings (SSSR count). The molecule has 0 fully saturated rings. The molecular weight excluding hydrogens is 315 g/mol. The topological polar surface area (TPSA) is 66.8 Å². The summed E-state index contributed by atoms with van der Waals surface area (Å²) < 4.78 is 5.64. The number of hydrogen-bond donors (Lipinski definition) is 2. The molecule has 1 aromatic carbocycles. The standard InChI is InChI=1S/C20H24BO4/c1-13(2)18-9-7-5-3-4-6-8-15(21)10-14-11-16(22)12-17(23)19(14)20(24)25-18/h5-8,11-13,18,22-23H,3-4,9-10H2,1-2H3/b7-5+,8-6+/t18-/m0/s1. The Kier molecular flexibility index (Phi) is 6.62. The summed E-state index contributed by atoms with van der Waals surface area (Å²) in [5, 5.41) is 19.9. The number of carbonyl (C=O) groups is 1. The van der Waals surface area contributed by atoms with Gasteiger partial charge in [0.2, 0.25) is 0 Å². The number of benzene rings is 1. The average molecular weight is 339 g/mol. The van der Waals surface area contributed by atoms with E-state index in [1.807, 2.05) is 26.0 Å². The van der Waals surface area contributed by atoms with Crippen LogP contribution in [-0.2, 0) is 11.2 Å². The van der Waals surface area contributed by atoms with Crippen LogP contribution in [0.4, 0.5) is 0 Å². The fraction of sp³-hybridized carbons (Fsp3) is 0.400. The molecule has 1 radical (unpaired) electrons. The van der Waals surface area contributed by atoms with Gasteiger partial charge in [0.05, 0.1) is 0 Å². The van der Waals surface area contributed by atoms with Crippen molar-refractivity contribution >= 4 is 18.9 Å². The van der Waals surface area contributed by atoms with E-state index in [9.17, 15) is 15.0 Å². The molecule has 0 unspecified atom stereocenters. The van der Waals surface area contributed by atoms with Crippen molar-refractivity contribution in [3.8, 4) is 11.5 Å². The van der Waals surface area contributed by atoms with Crippen LogP contribution in [0.1, 0.15) is 49.0 Å². The third-order valence-electron chi connectivity index (χ3n) is 4.15. The van der Waals surface area contributed by atoms with E-state index in [2.05, 4.69) is 6.08 Å². The fourth-order valence-corrected chi connectivity index (χ4v) is 2.75. The van der Waals surface area contributed by atoms with Crippen LogP contribution in [0.3, 0.4) is 0 Å². The molecule has 0 aliphatic carbocycles. The van der Waals surface area contributed by atoms with Gasteiger partial charge >= 0.3 is 149 Å². The van der Waals surface area contributed by atoms with Crippen molar-refractivity contribution in [1.29, 1.82) is 0 Å². The van der Waals surface area contributed by atoms with E-state index in [-0.39, 0.29) is 35.5 Å². The molecule has 0 saturated heterocycles. The Balaban J connectivity index is 2.43. The Morgan fingerprint density at radius 2 is 1.88 bits per heavy atom. The van der Waals surface area contributed by atoms with Gasteiger partial charge in [-0.1, -0.05) is 0 Å². The predicted molar refractivity (Wildman–Crippen MR) is 100 cm³/mol. The van der Waals surface area contributed by atoms with E-state index in [1.165, 1.54) is 6.07 Å². The summed E-state index contributed by atoms with van der Waals surface area (Å²) in [5.41, 5.74) is 1.04. The second kappa shape index (κ2) is 8.70. The first-order valence-electron chi connectivity index (χ1n) is 8.57. The van der Waals surface area contributed by atoms with Crippen molar-refractivity contribution in [1.82, 2.24) is 0 Å². The molecule has 25 heavy (non-hydrogen) atoms. The monoisotopic (exact) mass is 339 g/mol. The average Bonchev–Trinajstić information content (AvgIpc) is 2.51. The number of hydrogen-bond acceptors (Lipinski definition) is 4. The van der Waals surface area contributed by atoms with Crippen LogP contribution in [0.2, 0.25) is 0 Å². The van der Waals surface area contributed by atoms with Crippen molar-refractivity contribution in [3.63, 3.8) is 0 Å². The molecule has 0 amide bonds. The van der Waals surface area contributed by atoms with Crippen LogP contribution in [0.25, 0.3) is 0 Å². The molecule has 1 heterocycles. The molecule has 0 aromatic heterocycles. The maximum atomic E-state index is 12.7. The van der Waals surface area contributed by atoms with Crippen molar-refractivity contribution < 1.29 is 19.7 Å². The number of allylic oxidation sites excluding steroid dienone is 3. The maximum absolute atomic E-state index is 12.7. The van der Waals surface area contributed by atoms with E-state index in [1.54, 1.807) is 6.08 Å². The molecule has 5 heteroatoms. The molecule has 131 valence electrons. The summed E-state index contributed by atoms with van der Waals surface area (Å²) in [6.07, 6.45) is 10.2. The molecule has 4 nitrogen and oxygen atoms in total. The number of fused-ring (bicyclic) bond motifs is 1. The van der Waals surface area contributed by atoms with Gasteiger partial charge in [0.25, 0.3) is 0 Å². The number of rotatable bonds is 1. The first kappa shape index (κ1) is 19.0. The number of esters is 1. The molecular formula is C20H24BO4. The van der Waals surface area contributed by atoms with Crippen LogP contribution in [0.15, 0.2) is 36.4 Å². The van der Waals surface area contributed by atoms with E-state index in [0.717, 1.165) is 18.9 Å². The van der Waals surface area contributed by atoms with Crippen molar-refractivity contribution in [2.45, 2.75) is 45.6 Å². The summed E-state index contributed by atoms with van der Waals surface area (Å²) in [4.78, 5) is 12.7. The molecule has 0 bridgehead atoms. The van der Waals surface area contributed by atoms with Crippen molar-refractivity contribution in [3.05, 3.63) is 47.6 Å². The van der Waals surface area contributed by atoms with Crippen LogP contribution in [0, 0.1) is 5.92 Å². The molecule has 0 saturated carbocycles. The zero-order valence-corrected chi connectivity index (χ0v) is 14.7. The van der Waals surface area contributed by atoms with Gasteiger partial charge in [0.15, 0.2) is 0 Å². The summed E-state index contributed by atoms with van der Waals surface area (Å²) in [5.74, 6) is -0.888. The minimum atomic E-state index is -0.603. The summed E-state index contributed by atoms with van der Waals surface area (Å²) in [6.45, 7) is 3.97. The van der Waals surface area contributed by atoms with Gasteiger partial charge in [-0.05, 0) is 0 Å². The molecule has 1 aliphatic heterocycles. The van der Waals surface area contributed by atoms with Gasteiger partial charge in [-0.15, -0.1) is 0 Å². The zero-order valence-electron chi connectivity index (χ0n) is 14.7. The van der Waals surface area contributed by atoms with E-state index in [0.29, 0.717) is 17.4 Å². The van der Waals surface area contributed by atoms with Gasteiger partial charge in [-0.25, -0.2) is 0 Å². The minimum absolute atomic E-state index is 0.0563. The Morgan fingerprint density at radius 1 is 1.16 bits per heavy atom. The number of phenols is 2. The Bertz CT molecular complexity index is 704. The van der Waals surface area contributed by atoms with Crippen LogP contribution in [-0.4, -0.2) is 35.2 Å². The molecule has 1 atom stereocenters. The third-order valence-corrected chi connectivity index (χ3v) is 4.15. The van der Waals surface area contributed by atoms with Crippen molar-refractivity contribution in [2.24, 2.45) is 5.92 Å². The predicted octanol–water partition coefficient (Wildman–Crippen LogP) is 3.46. The third kappa shape index (κ3) is 5.35. The van der Waals surface area contributed by atoms with Gasteiger partial charge in [-0.3, -0.25) is 0 Å². The summed E-state index contributed by atoms with van der Waals surface area (Å²) in [6, 6.07) is 2.58. The van der Waals surface area contributed by atoms with Gasteiger partial charge in [0, 0.05) is 0 Å². The van der Waals surface area contributed by atoms with Gasteiger partial charge < -0.3 is 0 Å². The SMILES string of the molecule is [B]=C1/C=C/CC/C=C/C[C@@H](C(C)C)OC(=O)c2c(O)cc(O)cc2C1. The number of ether oxygens (including phenoxy) is 1. The quantitative estimate of drug-likeness (QED) is 0.467. The summed E-state index contributed by atoms with van der Waals surface area (Å²) >= 11 is 0. The number of carbonyl (C=O) groups excluding carboxylic acids is 1. The molecule has 1 aliphatic rings. The van der Waals surface area contributed by atoms with E-state index in [4.69, 9.17) is 12.2 Å². The Labute approximate surface area is 149 Å². The van der Waals surface area contributed by atoms with Gasteiger partial charge in [-0.2, -0.15) is 0 Å². The van der Waals surface area contributed by atoms with Gasteiger partial charge in [0.1, 0.15) is 0 Å². The fourth-order valence-electron chi connectivity index (χ4n) is 2.75. The zero-order chi connectivity index (χ0) is 18.4. The number of phenolic OH excluding ortho intramolecular Hbond substituents is 2. The molecule has 1 aromatic rings. The second-order valence-electron chi connectivity index (χ2n) is 6.63. The first-order chi connectivity index (χ1) is 11.9. The van der Waals surface area contributed by atoms with Crippen LogP contribution >= 0.6 is 0 Å². The van der Waals surface area contributed by atoms with Crippen LogP contribution < -0.4 is 0 Å². The van der Waals surface area contributed by atoms with E-state index < -0.39 is 5.97 Å². The summed E-state index contributed by atoms with van der Waals surface area (Å²) in [7, 11) is 6.02. The molecule has 2 N–H and O–H groups in total. The van der Waals surface area contributed by atoms with Crippen molar-refractivity contribution in [2.75, 3.05) is 0 Å². The second-order valence-corrected chi connectivity index (χ2v) is 6.63. The molecule has 0 spiro atoms. The van der Waals surface area contributed by atoms with Crippen LogP contribution in [0.5, 0.6) is 11.5 Å². The number of aromatic hydroxyl groups is 2. The number of cyclic esters (lactones) is 1. The first-order valence-corrected chi connectivity index (χ1v) is 8.57. The Hall–Kier alpha value is -2.30. The normalized spacial score (nSPS) is 21.9. The Morgan fingerprint density at radius 3 is 2.60 bits per heavy atom. The van der Waals surface area contributed by atoms with E-state index >= 15 is 0 Å².